The first-order valence-electron chi connectivity index (χ1n) is 4.53. The predicted octanol–water partition coefficient (Wildman–Crippen LogP) is -1.22. The van der Waals surface area contributed by atoms with E-state index in [1.54, 1.807) is 0 Å². The maximum Gasteiger partial charge on any atom is 0.344 e. The molecule has 76 valence electrons. The third kappa shape index (κ3) is 1.69. The van der Waals surface area contributed by atoms with Gasteiger partial charge in [0.05, 0.1) is 6.54 Å². The second-order valence-corrected chi connectivity index (χ2v) is 3.26. The Bertz CT molecular complexity index is 423. The van der Waals surface area contributed by atoms with Crippen molar-refractivity contribution in [2.24, 2.45) is 0 Å². The molecule has 0 fully saturated rings. The number of H-pyrrole nitrogens is 2. The molecule has 3 N–H and O–H groups in total. The largest absolute Gasteiger partial charge is 0.344 e. The van der Waals surface area contributed by atoms with Crippen LogP contribution in [0.3, 0.4) is 0 Å². The highest BCUT2D eigenvalue weighted by molar-refractivity contribution is 5.06. The first-order valence-corrected chi connectivity index (χ1v) is 4.53. The van der Waals surface area contributed by atoms with Gasteiger partial charge < -0.3 is 5.32 Å². The van der Waals surface area contributed by atoms with Crippen molar-refractivity contribution in [2.75, 3.05) is 13.1 Å². The van der Waals surface area contributed by atoms with Crippen LogP contribution in [0.2, 0.25) is 0 Å². The SMILES string of the molecule is O=c1[nH][nH]c(=O)n1CC1=CCNCC1. The Morgan fingerprint density at radius 1 is 1.29 bits per heavy atom. The van der Waals surface area contributed by atoms with Gasteiger partial charge in [0.1, 0.15) is 0 Å². The maximum absolute atomic E-state index is 11.1. The lowest BCUT2D eigenvalue weighted by Crippen LogP contribution is -2.30. The Hall–Kier alpha value is -1.56. The van der Waals surface area contributed by atoms with Crippen molar-refractivity contribution in [1.29, 1.82) is 0 Å². The van der Waals surface area contributed by atoms with E-state index in [4.69, 9.17) is 0 Å². The lowest BCUT2D eigenvalue weighted by Gasteiger charge is -2.12. The number of hydrogen-bond donors (Lipinski definition) is 3. The van der Waals surface area contributed by atoms with Gasteiger partial charge >= 0.3 is 11.4 Å². The Labute approximate surface area is 79.6 Å². The highest BCUT2D eigenvalue weighted by Gasteiger charge is 2.07. The van der Waals surface area contributed by atoms with Gasteiger partial charge in [-0.2, -0.15) is 0 Å². The second kappa shape index (κ2) is 3.67. The highest BCUT2D eigenvalue weighted by atomic mass is 16.2. The van der Waals surface area contributed by atoms with Crippen LogP contribution in [0.5, 0.6) is 0 Å². The molecule has 0 spiro atoms. The zero-order chi connectivity index (χ0) is 9.97. The maximum atomic E-state index is 11.1. The molecule has 6 nitrogen and oxygen atoms in total. The van der Waals surface area contributed by atoms with Crippen molar-refractivity contribution in [3.05, 3.63) is 32.6 Å². The van der Waals surface area contributed by atoms with Crippen LogP contribution in [0.1, 0.15) is 6.42 Å². The molecule has 0 unspecified atom stereocenters. The molecule has 0 amide bonds. The van der Waals surface area contributed by atoms with Crippen molar-refractivity contribution in [3.63, 3.8) is 0 Å². The van der Waals surface area contributed by atoms with Crippen LogP contribution in [0, 0.1) is 0 Å². The Morgan fingerprint density at radius 2 is 2.00 bits per heavy atom. The van der Waals surface area contributed by atoms with Gasteiger partial charge in [-0.05, 0) is 13.0 Å². The fraction of sp³-hybridized carbons (Fsp3) is 0.500. The van der Waals surface area contributed by atoms with Crippen molar-refractivity contribution in [2.45, 2.75) is 13.0 Å². The first-order chi connectivity index (χ1) is 6.77. The van der Waals surface area contributed by atoms with Crippen LogP contribution in [-0.4, -0.2) is 27.9 Å². The summed E-state index contributed by atoms with van der Waals surface area (Å²) in [6.07, 6.45) is 2.90. The van der Waals surface area contributed by atoms with Gasteiger partial charge in [0.2, 0.25) is 0 Å². The molecule has 1 aliphatic rings. The smallest absolute Gasteiger partial charge is 0.313 e. The highest BCUT2D eigenvalue weighted by Crippen LogP contribution is 2.04. The molecule has 0 aliphatic carbocycles. The zero-order valence-electron chi connectivity index (χ0n) is 7.67. The van der Waals surface area contributed by atoms with Gasteiger partial charge in [-0.15, -0.1) is 0 Å². The van der Waals surface area contributed by atoms with Crippen LogP contribution >= 0.6 is 0 Å². The van der Waals surface area contributed by atoms with Gasteiger partial charge in [0, 0.05) is 6.54 Å². The summed E-state index contributed by atoms with van der Waals surface area (Å²) < 4.78 is 1.16. The Balaban J connectivity index is 2.22. The van der Waals surface area contributed by atoms with Gasteiger partial charge in [-0.25, -0.2) is 24.4 Å². The number of aromatic nitrogens is 3. The molecule has 1 aromatic heterocycles. The molecule has 0 saturated carbocycles. The average molecular weight is 196 g/mol. The Morgan fingerprint density at radius 3 is 2.57 bits per heavy atom. The van der Waals surface area contributed by atoms with Gasteiger partial charge in [0.15, 0.2) is 0 Å². The second-order valence-electron chi connectivity index (χ2n) is 3.26. The molecule has 2 rings (SSSR count). The first kappa shape index (κ1) is 9.01. The minimum Gasteiger partial charge on any atom is -0.313 e. The van der Waals surface area contributed by atoms with Crippen LogP contribution in [0.15, 0.2) is 21.2 Å². The molecule has 1 aliphatic heterocycles. The third-order valence-corrected chi connectivity index (χ3v) is 2.29. The van der Waals surface area contributed by atoms with E-state index in [9.17, 15) is 9.59 Å². The normalized spacial score (nSPS) is 16.7. The van der Waals surface area contributed by atoms with E-state index < -0.39 is 0 Å². The number of rotatable bonds is 2. The lowest BCUT2D eigenvalue weighted by molar-refractivity contribution is 0.632. The summed E-state index contributed by atoms with van der Waals surface area (Å²) in [5, 5.41) is 7.67. The molecular formula is C8H12N4O2. The van der Waals surface area contributed by atoms with E-state index in [1.807, 2.05) is 6.08 Å². The van der Waals surface area contributed by atoms with Crippen LogP contribution in [-0.2, 0) is 6.54 Å². The van der Waals surface area contributed by atoms with E-state index in [2.05, 4.69) is 15.5 Å². The zero-order valence-corrected chi connectivity index (χ0v) is 7.67. The van der Waals surface area contributed by atoms with Crippen LogP contribution in [0.25, 0.3) is 0 Å². The standard InChI is InChI=1S/C8H12N4O2/c13-7-10-11-8(14)12(7)5-6-1-3-9-4-2-6/h1,9H,2-5H2,(H,10,13)(H,11,14). The molecule has 14 heavy (non-hydrogen) atoms. The van der Waals surface area contributed by atoms with Gasteiger partial charge in [-0.3, -0.25) is 0 Å². The average Bonchev–Trinajstić information content (AvgIpc) is 2.51. The topological polar surface area (TPSA) is 82.7 Å². The summed E-state index contributed by atoms with van der Waals surface area (Å²) >= 11 is 0. The molecule has 0 bridgehead atoms. The molecule has 0 saturated heterocycles. The minimum absolute atomic E-state index is 0.380. The number of nitrogens with one attached hydrogen (secondary N) is 3. The van der Waals surface area contributed by atoms with Crippen LogP contribution < -0.4 is 16.7 Å². The fourth-order valence-corrected chi connectivity index (χ4v) is 1.49. The quantitative estimate of drug-likeness (QED) is 0.519. The monoisotopic (exact) mass is 196 g/mol. The van der Waals surface area contributed by atoms with Gasteiger partial charge in [0.25, 0.3) is 0 Å². The van der Waals surface area contributed by atoms with E-state index >= 15 is 0 Å². The summed E-state index contributed by atoms with van der Waals surface area (Å²) in [5.41, 5.74) is 0.361. The van der Waals surface area contributed by atoms with Gasteiger partial charge in [-0.1, -0.05) is 11.6 Å². The fourth-order valence-electron chi connectivity index (χ4n) is 1.49. The molecule has 0 radical (unpaired) electrons. The van der Waals surface area contributed by atoms with E-state index in [0.717, 1.165) is 29.7 Å². The summed E-state index contributed by atoms with van der Waals surface area (Å²) in [5.74, 6) is 0. The molecule has 1 aromatic rings. The minimum atomic E-state index is -0.380. The number of hydrogen-bond acceptors (Lipinski definition) is 3. The van der Waals surface area contributed by atoms with Crippen molar-refractivity contribution in [1.82, 2.24) is 20.1 Å². The summed E-state index contributed by atoms with van der Waals surface area (Å²) in [7, 11) is 0. The van der Waals surface area contributed by atoms with E-state index in [-0.39, 0.29) is 11.4 Å². The van der Waals surface area contributed by atoms with E-state index in [1.165, 1.54) is 0 Å². The number of nitrogens with zero attached hydrogens (tertiary/aromatic N) is 1. The van der Waals surface area contributed by atoms with Crippen molar-refractivity contribution >= 4 is 0 Å². The summed E-state index contributed by atoms with van der Waals surface area (Å²) in [6, 6.07) is 0. The summed E-state index contributed by atoms with van der Waals surface area (Å²) in [6.45, 7) is 2.11. The van der Waals surface area contributed by atoms with Crippen LogP contribution in [0.4, 0.5) is 0 Å². The predicted molar refractivity (Wildman–Crippen MR) is 51.2 cm³/mol. The number of aromatic amines is 2. The van der Waals surface area contributed by atoms with Crippen molar-refractivity contribution in [3.8, 4) is 0 Å². The molecular weight excluding hydrogens is 184 g/mol. The Kier molecular flexibility index (Phi) is 2.36. The third-order valence-electron chi connectivity index (χ3n) is 2.29. The summed E-state index contributed by atoms with van der Waals surface area (Å²) in [4.78, 5) is 22.3. The molecule has 0 aromatic carbocycles. The molecule has 2 heterocycles. The molecule has 0 atom stereocenters. The lowest BCUT2D eigenvalue weighted by atomic mass is 10.1. The van der Waals surface area contributed by atoms with E-state index in [0.29, 0.717) is 6.54 Å². The van der Waals surface area contributed by atoms with Crippen molar-refractivity contribution < 1.29 is 0 Å². The molecule has 6 heteroatoms.